The SMILES string of the molecule is CC1(O)CCC2C(=CC=C3CC(O)CCC32)C1CCC(=O)O. The average molecular weight is 306 g/mol. The van der Waals surface area contributed by atoms with E-state index in [1.807, 2.05) is 6.92 Å². The van der Waals surface area contributed by atoms with Gasteiger partial charge in [0.05, 0.1) is 11.7 Å². The minimum Gasteiger partial charge on any atom is -0.481 e. The van der Waals surface area contributed by atoms with Crippen LogP contribution in [0.3, 0.4) is 0 Å². The first kappa shape index (κ1) is 15.8. The number of hydrogen-bond donors (Lipinski definition) is 3. The van der Waals surface area contributed by atoms with Crippen molar-refractivity contribution in [2.45, 2.75) is 63.6 Å². The number of fused-ring (bicyclic) bond motifs is 3. The van der Waals surface area contributed by atoms with Crippen molar-refractivity contribution in [2.75, 3.05) is 0 Å². The summed E-state index contributed by atoms with van der Waals surface area (Å²) in [4.78, 5) is 10.9. The van der Waals surface area contributed by atoms with Crippen molar-refractivity contribution in [3.63, 3.8) is 0 Å². The van der Waals surface area contributed by atoms with Gasteiger partial charge >= 0.3 is 5.97 Å². The zero-order valence-corrected chi connectivity index (χ0v) is 13.2. The molecule has 0 radical (unpaired) electrons. The predicted molar refractivity (Wildman–Crippen MR) is 83.2 cm³/mol. The number of aliphatic hydroxyl groups excluding tert-OH is 1. The number of aliphatic carboxylic acids is 1. The fourth-order valence-corrected chi connectivity index (χ4v) is 4.76. The van der Waals surface area contributed by atoms with Crippen molar-refractivity contribution in [1.82, 2.24) is 0 Å². The second-order valence-electron chi connectivity index (χ2n) is 7.44. The standard InChI is InChI=1S/C18H26O4/c1-18(22)9-8-14-13-5-3-12(19)10-11(13)2-4-15(14)16(18)6-7-17(20)21/h2,4,12-14,16,19,22H,3,5-10H2,1H3,(H,20,21). The van der Waals surface area contributed by atoms with Gasteiger partial charge in [0.25, 0.3) is 0 Å². The Labute approximate surface area is 131 Å². The number of allylic oxidation sites excluding steroid dienone is 2. The lowest BCUT2D eigenvalue weighted by Gasteiger charge is -2.48. The molecular formula is C18H26O4. The van der Waals surface area contributed by atoms with Crippen molar-refractivity contribution in [1.29, 1.82) is 0 Å². The fraction of sp³-hybridized carbons (Fsp3) is 0.722. The molecule has 0 aliphatic heterocycles. The molecular weight excluding hydrogens is 280 g/mol. The quantitative estimate of drug-likeness (QED) is 0.749. The molecule has 5 atom stereocenters. The van der Waals surface area contributed by atoms with Crippen molar-refractivity contribution in [2.24, 2.45) is 17.8 Å². The Morgan fingerprint density at radius 3 is 2.77 bits per heavy atom. The van der Waals surface area contributed by atoms with E-state index < -0.39 is 11.6 Å². The van der Waals surface area contributed by atoms with E-state index in [0.717, 1.165) is 32.1 Å². The maximum Gasteiger partial charge on any atom is 0.303 e. The lowest BCUT2D eigenvalue weighted by Crippen LogP contribution is -2.45. The van der Waals surface area contributed by atoms with E-state index in [4.69, 9.17) is 5.11 Å². The molecule has 0 aromatic rings. The Bertz CT molecular complexity index is 517. The summed E-state index contributed by atoms with van der Waals surface area (Å²) in [5.74, 6) is 0.0386. The van der Waals surface area contributed by atoms with Crippen LogP contribution >= 0.6 is 0 Å². The zero-order valence-electron chi connectivity index (χ0n) is 13.2. The normalized spacial score (nSPS) is 41.0. The van der Waals surface area contributed by atoms with Gasteiger partial charge in [-0.05, 0) is 57.3 Å². The number of rotatable bonds is 3. The van der Waals surface area contributed by atoms with Crippen LogP contribution in [0.15, 0.2) is 23.3 Å². The van der Waals surface area contributed by atoms with E-state index in [1.165, 1.54) is 11.1 Å². The smallest absolute Gasteiger partial charge is 0.303 e. The van der Waals surface area contributed by atoms with Crippen LogP contribution in [0.1, 0.15) is 51.9 Å². The third-order valence-electron chi connectivity index (χ3n) is 5.92. The third kappa shape index (κ3) is 2.86. The van der Waals surface area contributed by atoms with Crippen molar-refractivity contribution >= 4 is 5.97 Å². The monoisotopic (exact) mass is 306 g/mol. The van der Waals surface area contributed by atoms with Crippen molar-refractivity contribution in [3.05, 3.63) is 23.3 Å². The highest BCUT2D eigenvalue weighted by Crippen LogP contribution is 2.52. The van der Waals surface area contributed by atoms with Crippen LogP contribution in [0.5, 0.6) is 0 Å². The summed E-state index contributed by atoms with van der Waals surface area (Å²) in [6, 6.07) is 0. The van der Waals surface area contributed by atoms with Gasteiger partial charge in [0.2, 0.25) is 0 Å². The van der Waals surface area contributed by atoms with Crippen LogP contribution in [0.2, 0.25) is 0 Å². The van der Waals surface area contributed by atoms with Crippen LogP contribution in [0, 0.1) is 17.8 Å². The lowest BCUT2D eigenvalue weighted by atomic mass is 9.58. The average Bonchev–Trinajstić information content (AvgIpc) is 2.44. The summed E-state index contributed by atoms with van der Waals surface area (Å²) >= 11 is 0. The van der Waals surface area contributed by atoms with Gasteiger partial charge in [0.15, 0.2) is 0 Å². The van der Waals surface area contributed by atoms with Gasteiger partial charge in [-0.2, -0.15) is 0 Å². The highest BCUT2D eigenvalue weighted by molar-refractivity contribution is 5.66. The number of carbonyl (C=O) groups is 1. The molecule has 0 amide bonds. The molecule has 3 N–H and O–H groups in total. The lowest BCUT2D eigenvalue weighted by molar-refractivity contribution is -0.137. The van der Waals surface area contributed by atoms with Gasteiger partial charge < -0.3 is 15.3 Å². The van der Waals surface area contributed by atoms with Crippen LogP contribution in [-0.4, -0.2) is 33.0 Å². The van der Waals surface area contributed by atoms with Crippen LogP contribution in [-0.2, 0) is 4.79 Å². The molecule has 4 heteroatoms. The highest BCUT2D eigenvalue weighted by Gasteiger charge is 2.46. The first-order valence-corrected chi connectivity index (χ1v) is 8.41. The summed E-state index contributed by atoms with van der Waals surface area (Å²) < 4.78 is 0. The second kappa shape index (κ2) is 5.82. The number of carboxylic acid groups (broad SMARTS) is 1. The number of aliphatic hydroxyl groups is 2. The van der Waals surface area contributed by atoms with Crippen LogP contribution < -0.4 is 0 Å². The third-order valence-corrected chi connectivity index (χ3v) is 5.92. The summed E-state index contributed by atoms with van der Waals surface area (Å²) in [6.07, 6.45) is 8.92. The Hall–Kier alpha value is -1.13. The molecule has 0 aromatic heterocycles. The molecule has 0 bridgehead atoms. The second-order valence-corrected chi connectivity index (χ2v) is 7.44. The summed E-state index contributed by atoms with van der Waals surface area (Å²) in [5, 5.41) is 29.6. The number of hydrogen-bond acceptors (Lipinski definition) is 3. The molecule has 3 rings (SSSR count). The zero-order chi connectivity index (χ0) is 15.9. The molecule has 5 unspecified atom stereocenters. The molecule has 2 fully saturated rings. The van der Waals surface area contributed by atoms with Gasteiger partial charge in [-0.3, -0.25) is 4.79 Å². The fourth-order valence-electron chi connectivity index (χ4n) is 4.76. The van der Waals surface area contributed by atoms with Gasteiger partial charge in [-0.15, -0.1) is 0 Å². The Morgan fingerprint density at radius 2 is 2.05 bits per heavy atom. The first-order valence-electron chi connectivity index (χ1n) is 8.41. The molecule has 0 aromatic carbocycles. The van der Waals surface area contributed by atoms with Crippen molar-refractivity contribution in [3.8, 4) is 0 Å². The van der Waals surface area contributed by atoms with Gasteiger partial charge in [-0.1, -0.05) is 23.3 Å². The summed E-state index contributed by atoms with van der Waals surface area (Å²) in [7, 11) is 0. The molecule has 3 aliphatic rings. The molecule has 0 heterocycles. The summed E-state index contributed by atoms with van der Waals surface area (Å²) in [5.41, 5.74) is 1.77. The predicted octanol–water partition coefficient (Wildman–Crippen LogP) is 2.66. The first-order chi connectivity index (χ1) is 10.4. The Kier molecular flexibility index (Phi) is 4.17. The van der Waals surface area contributed by atoms with E-state index in [9.17, 15) is 15.0 Å². The van der Waals surface area contributed by atoms with E-state index in [0.29, 0.717) is 18.3 Å². The van der Waals surface area contributed by atoms with E-state index in [2.05, 4.69) is 12.2 Å². The summed E-state index contributed by atoms with van der Waals surface area (Å²) in [6.45, 7) is 1.85. The largest absolute Gasteiger partial charge is 0.481 e. The highest BCUT2D eigenvalue weighted by atomic mass is 16.4. The minimum atomic E-state index is -0.808. The van der Waals surface area contributed by atoms with Gasteiger partial charge in [0, 0.05) is 12.3 Å². The molecule has 122 valence electrons. The van der Waals surface area contributed by atoms with E-state index >= 15 is 0 Å². The topological polar surface area (TPSA) is 77.8 Å². The Balaban J connectivity index is 1.87. The maximum absolute atomic E-state index is 10.9. The number of carboxylic acids is 1. The molecule has 0 saturated heterocycles. The van der Waals surface area contributed by atoms with E-state index in [1.54, 1.807) is 0 Å². The molecule has 2 saturated carbocycles. The van der Waals surface area contributed by atoms with Gasteiger partial charge in [-0.25, -0.2) is 0 Å². The van der Waals surface area contributed by atoms with Crippen LogP contribution in [0.4, 0.5) is 0 Å². The van der Waals surface area contributed by atoms with Gasteiger partial charge in [0.1, 0.15) is 0 Å². The molecule has 4 nitrogen and oxygen atoms in total. The maximum atomic E-state index is 10.9. The molecule has 22 heavy (non-hydrogen) atoms. The minimum absolute atomic E-state index is 0.0630. The molecule has 0 spiro atoms. The van der Waals surface area contributed by atoms with Crippen LogP contribution in [0.25, 0.3) is 0 Å². The Morgan fingerprint density at radius 1 is 1.27 bits per heavy atom. The van der Waals surface area contributed by atoms with Crippen molar-refractivity contribution < 1.29 is 20.1 Å². The molecule has 3 aliphatic carbocycles. The van der Waals surface area contributed by atoms with E-state index in [-0.39, 0.29) is 18.4 Å².